The van der Waals surface area contributed by atoms with Gasteiger partial charge in [0.15, 0.2) is 5.82 Å². The summed E-state index contributed by atoms with van der Waals surface area (Å²) < 4.78 is 7.87. The van der Waals surface area contributed by atoms with Gasteiger partial charge in [0.05, 0.1) is 18.7 Å². The second kappa shape index (κ2) is 9.76. The number of hydrogen-bond acceptors (Lipinski definition) is 6. The van der Waals surface area contributed by atoms with Crippen LogP contribution in [-0.2, 0) is 11.3 Å². The summed E-state index contributed by atoms with van der Waals surface area (Å²) in [6.45, 7) is 8.13. The SMILES string of the molecule is Cc1ccc(C(c2nnnn2CC2CCCO2)N2CCN(C3CCCCC3)CC2)cc1. The van der Waals surface area contributed by atoms with Crippen molar-refractivity contribution in [2.75, 3.05) is 32.8 Å². The highest BCUT2D eigenvalue weighted by Crippen LogP contribution is 2.31. The lowest BCUT2D eigenvalue weighted by atomic mass is 9.93. The Labute approximate surface area is 185 Å². The van der Waals surface area contributed by atoms with E-state index in [2.05, 4.69) is 56.5 Å². The van der Waals surface area contributed by atoms with E-state index in [1.807, 2.05) is 4.68 Å². The van der Waals surface area contributed by atoms with Gasteiger partial charge in [0.1, 0.15) is 0 Å². The van der Waals surface area contributed by atoms with E-state index in [0.29, 0.717) is 0 Å². The molecule has 3 heterocycles. The van der Waals surface area contributed by atoms with Gasteiger partial charge in [-0.25, -0.2) is 4.68 Å². The molecule has 31 heavy (non-hydrogen) atoms. The second-order valence-electron chi connectivity index (χ2n) is 9.53. The molecule has 3 fully saturated rings. The van der Waals surface area contributed by atoms with Gasteiger partial charge in [0, 0.05) is 38.8 Å². The molecule has 0 bridgehead atoms. The van der Waals surface area contributed by atoms with Gasteiger partial charge in [-0.1, -0.05) is 49.1 Å². The minimum Gasteiger partial charge on any atom is -0.376 e. The zero-order valence-corrected chi connectivity index (χ0v) is 18.8. The average Bonchev–Trinajstić information content (AvgIpc) is 3.49. The van der Waals surface area contributed by atoms with Crippen LogP contribution < -0.4 is 0 Å². The zero-order chi connectivity index (χ0) is 21.0. The topological polar surface area (TPSA) is 59.3 Å². The standard InChI is InChI=1S/C24H36N6O/c1-19-9-11-20(12-10-19)23(24-25-26-27-30(24)18-22-8-5-17-31-22)29-15-13-28(14-16-29)21-6-3-2-4-7-21/h9-12,21-23H,2-8,13-18H2,1H3. The first-order valence-corrected chi connectivity index (χ1v) is 12.2. The largest absolute Gasteiger partial charge is 0.376 e. The minimum atomic E-state index is 0.0884. The van der Waals surface area contributed by atoms with Crippen molar-refractivity contribution < 1.29 is 4.74 Å². The summed E-state index contributed by atoms with van der Waals surface area (Å²) in [5, 5.41) is 13.0. The monoisotopic (exact) mass is 424 g/mol. The van der Waals surface area contributed by atoms with Gasteiger partial charge in [0.25, 0.3) is 0 Å². The van der Waals surface area contributed by atoms with E-state index in [-0.39, 0.29) is 12.1 Å². The Morgan fingerprint density at radius 3 is 2.45 bits per heavy atom. The van der Waals surface area contributed by atoms with Crippen molar-refractivity contribution in [2.45, 2.75) is 76.6 Å². The number of nitrogens with zero attached hydrogens (tertiary/aromatic N) is 6. The fraction of sp³-hybridized carbons (Fsp3) is 0.708. The molecule has 0 N–H and O–H groups in total. The van der Waals surface area contributed by atoms with E-state index in [0.717, 1.165) is 64.0 Å². The summed E-state index contributed by atoms with van der Waals surface area (Å²) in [6.07, 6.45) is 9.41. The van der Waals surface area contributed by atoms with Crippen LogP contribution in [0.15, 0.2) is 24.3 Å². The van der Waals surface area contributed by atoms with Crippen LogP contribution in [0.4, 0.5) is 0 Å². The Kier molecular flexibility index (Phi) is 6.62. The molecule has 2 saturated heterocycles. The van der Waals surface area contributed by atoms with Crippen molar-refractivity contribution in [2.24, 2.45) is 0 Å². The van der Waals surface area contributed by atoms with Gasteiger partial charge >= 0.3 is 0 Å². The summed E-state index contributed by atoms with van der Waals surface area (Å²) in [7, 11) is 0. The van der Waals surface area contributed by atoms with Crippen LogP contribution in [0.25, 0.3) is 0 Å². The van der Waals surface area contributed by atoms with Crippen molar-refractivity contribution in [1.29, 1.82) is 0 Å². The molecule has 1 aromatic heterocycles. The van der Waals surface area contributed by atoms with Gasteiger partial charge in [-0.3, -0.25) is 9.80 Å². The lowest BCUT2D eigenvalue weighted by Gasteiger charge is -2.43. The van der Waals surface area contributed by atoms with E-state index in [1.54, 1.807) is 0 Å². The van der Waals surface area contributed by atoms with Crippen molar-refractivity contribution in [3.05, 3.63) is 41.2 Å². The third-order valence-corrected chi connectivity index (χ3v) is 7.40. The van der Waals surface area contributed by atoms with Crippen LogP contribution in [0.5, 0.6) is 0 Å². The maximum Gasteiger partial charge on any atom is 0.173 e. The van der Waals surface area contributed by atoms with Gasteiger partial charge in [-0.05, 0) is 48.6 Å². The third kappa shape index (κ3) is 4.83. The summed E-state index contributed by atoms with van der Waals surface area (Å²) in [4.78, 5) is 5.32. The normalized spacial score (nSPS) is 25.1. The Morgan fingerprint density at radius 2 is 1.74 bits per heavy atom. The minimum absolute atomic E-state index is 0.0884. The first-order valence-electron chi connectivity index (χ1n) is 12.2. The summed E-state index contributed by atoms with van der Waals surface area (Å²) in [5.41, 5.74) is 2.56. The number of tetrazole rings is 1. The van der Waals surface area contributed by atoms with Crippen LogP contribution in [0.1, 0.15) is 67.9 Å². The molecule has 0 radical (unpaired) electrons. The Balaban J connectivity index is 1.36. The number of rotatable bonds is 6. The molecule has 0 spiro atoms. The highest BCUT2D eigenvalue weighted by atomic mass is 16.5. The molecule has 7 nitrogen and oxygen atoms in total. The summed E-state index contributed by atoms with van der Waals surface area (Å²) in [5.74, 6) is 0.950. The molecule has 2 atom stereocenters. The summed E-state index contributed by atoms with van der Waals surface area (Å²) >= 11 is 0. The lowest BCUT2D eigenvalue weighted by molar-refractivity contribution is 0.0595. The quantitative estimate of drug-likeness (QED) is 0.710. The molecule has 1 saturated carbocycles. The number of hydrogen-bond donors (Lipinski definition) is 0. The Bertz CT molecular complexity index is 817. The van der Waals surface area contributed by atoms with Gasteiger partial charge in [0.2, 0.25) is 0 Å². The maximum absolute atomic E-state index is 5.87. The van der Waals surface area contributed by atoms with Gasteiger partial charge in [-0.15, -0.1) is 5.10 Å². The smallest absolute Gasteiger partial charge is 0.173 e. The maximum atomic E-state index is 5.87. The van der Waals surface area contributed by atoms with E-state index in [9.17, 15) is 0 Å². The van der Waals surface area contributed by atoms with Crippen LogP contribution in [0.2, 0.25) is 0 Å². The second-order valence-corrected chi connectivity index (χ2v) is 9.53. The van der Waals surface area contributed by atoms with E-state index in [4.69, 9.17) is 4.74 Å². The van der Waals surface area contributed by atoms with E-state index in [1.165, 1.54) is 43.2 Å². The van der Waals surface area contributed by atoms with Crippen LogP contribution in [-0.4, -0.2) is 74.9 Å². The zero-order valence-electron chi connectivity index (χ0n) is 18.8. The summed E-state index contributed by atoms with van der Waals surface area (Å²) in [6, 6.07) is 9.78. The molecule has 1 aromatic carbocycles. The predicted octanol–water partition coefficient (Wildman–Crippen LogP) is 3.20. The predicted molar refractivity (Wildman–Crippen MR) is 120 cm³/mol. The third-order valence-electron chi connectivity index (χ3n) is 7.40. The fourth-order valence-corrected chi connectivity index (χ4v) is 5.60. The number of aryl methyl sites for hydroxylation is 1. The highest BCUT2D eigenvalue weighted by molar-refractivity contribution is 5.28. The molecule has 2 aromatic rings. The van der Waals surface area contributed by atoms with Crippen molar-refractivity contribution in [3.8, 4) is 0 Å². The van der Waals surface area contributed by atoms with E-state index < -0.39 is 0 Å². The number of aromatic nitrogens is 4. The van der Waals surface area contributed by atoms with Gasteiger partial charge < -0.3 is 4.74 Å². The highest BCUT2D eigenvalue weighted by Gasteiger charge is 2.33. The fourth-order valence-electron chi connectivity index (χ4n) is 5.60. The molecule has 2 unspecified atom stereocenters. The lowest BCUT2D eigenvalue weighted by Crippen LogP contribution is -2.52. The number of ether oxygens (including phenoxy) is 1. The van der Waals surface area contributed by atoms with Crippen LogP contribution in [0.3, 0.4) is 0 Å². The Morgan fingerprint density at radius 1 is 0.968 bits per heavy atom. The Hall–Kier alpha value is -1.83. The molecular formula is C24H36N6O. The molecular weight excluding hydrogens is 388 g/mol. The van der Waals surface area contributed by atoms with Crippen LogP contribution >= 0.6 is 0 Å². The molecule has 5 rings (SSSR count). The molecule has 0 amide bonds. The molecule has 1 aliphatic carbocycles. The number of benzene rings is 1. The molecule has 3 aliphatic rings. The molecule has 168 valence electrons. The molecule has 7 heteroatoms. The first-order chi connectivity index (χ1) is 15.3. The van der Waals surface area contributed by atoms with Crippen molar-refractivity contribution in [3.63, 3.8) is 0 Å². The average molecular weight is 425 g/mol. The van der Waals surface area contributed by atoms with Crippen molar-refractivity contribution >= 4 is 0 Å². The van der Waals surface area contributed by atoms with E-state index >= 15 is 0 Å². The van der Waals surface area contributed by atoms with Crippen molar-refractivity contribution in [1.82, 2.24) is 30.0 Å². The molecule has 2 aliphatic heterocycles. The van der Waals surface area contributed by atoms with Crippen LogP contribution in [0, 0.1) is 6.92 Å². The van der Waals surface area contributed by atoms with Gasteiger partial charge in [-0.2, -0.15) is 0 Å². The number of piperazine rings is 1. The first kappa shape index (κ1) is 21.0.